The van der Waals surface area contributed by atoms with Crippen molar-refractivity contribution in [3.8, 4) is 11.1 Å². The van der Waals surface area contributed by atoms with Gasteiger partial charge in [-0.1, -0.05) is 98.0 Å². The highest BCUT2D eigenvalue weighted by Gasteiger charge is 2.36. The van der Waals surface area contributed by atoms with Gasteiger partial charge in [-0.25, -0.2) is 0 Å². The Labute approximate surface area is 143 Å². The van der Waals surface area contributed by atoms with Gasteiger partial charge in [-0.05, 0) is 32.3 Å². The third kappa shape index (κ3) is 4.22. The van der Waals surface area contributed by atoms with Gasteiger partial charge in [-0.3, -0.25) is 0 Å². The van der Waals surface area contributed by atoms with Crippen molar-refractivity contribution in [2.45, 2.75) is 58.4 Å². The Balaban J connectivity index is 2.59. The van der Waals surface area contributed by atoms with E-state index in [9.17, 15) is 0 Å². The molecule has 2 rings (SSSR count). The summed E-state index contributed by atoms with van der Waals surface area (Å²) in [5, 5.41) is 2.03. The topological polar surface area (TPSA) is 26.0 Å². The summed E-state index contributed by atoms with van der Waals surface area (Å²) in [5.74, 6) is 0. The molecule has 124 valence electrons. The predicted molar refractivity (Wildman–Crippen MR) is 106 cm³/mol. The highest BCUT2D eigenvalue weighted by Crippen LogP contribution is 2.59. The van der Waals surface area contributed by atoms with Crippen LogP contribution in [0.4, 0.5) is 0 Å². The van der Waals surface area contributed by atoms with Crippen LogP contribution in [0.15, 0.2) is 48.5 Å². The Bertz CT molecular complexity index is 631. The van der Waals surface area contributed by atoms with Crippen molar-refractivity contribution in [1.29, 1.82) is 0 Å². The summed E-state index contributed by atoms with van der Waals surface area (Å²) in [6.07, 6.45) is 0. The minimum atomic E-state index is -0.318. The second-order valence-corrected chi connectivity index (χ2v) is 11.9. The Morgan fingerprint density at radius 2 is 1.30 bits per heavy atom. The zero-order chi connectivity index (χ0) is 17.3. The highest BCUT2D eigenvalue weighted by molar-refractivity contribution is 7.68. The van der Waals surface area contributed by atoms with E-state index in [1.54, 1.807) is 0 Å². The van der Waals surface area contributed by atoms with Crippen molar-refractivity contribution in [1.82, 2.24) is 0 Å². The molecule has 0 bridgehead atoms. The van der Waals surface area contributed by atoms with Gasteiger partial charge in [0.15, 0.2) is 0 Å². The van der Waals surface area contributed by atoms with Crippen LogP contribution >= 0.6 is 7.92 Å². The molecule has 0 aliphatic carbocycles. The molecule has 0 atom stereocenters. The first-order chi connectivity index (χ1) is 10.6. The van der Waals surface area contributed by atoms with Gasteiger partial charge >= 0.3 is 0 Å². The average molecular weight is 327 g/mol. The van der Waals surface area contributed by atoms with Gasteiger partial charge in [0.1, 0.15) is 0 Å². The van der Waals surface area contributed by atoms with E-state index in [0.29, 0.717) is 6.54 Å². The van der Waals surface area contributed by atoms with Gasteiger partial charge in [0.2, 0.25) is 0 Å². The van der Waals surface area contributed by atoms with Crippen LogP contribution in [0.25, 0.3) is 11.1 Å². The first kappa shape index (κ1) is 18.2. The number of hydrogen-bond donors (Lipinski definition) is 1. The van der Waals surface area contributed by atoms with Crippen LogP contribution in [-0.4, -0.2) is 10.3 Å². The number of hydrogen-bond acceptors (Lipinski definition) is 1. The van der Waals surface area contributed by atoms with Gasteiger partial charge in [0.05, 0.1) is 0 Å². The molecule has 0 fully saturated rings. The Morgan fingerprint density at radius 3 is 1.78 bits per heavy atom. The molecule has 2 aromatic carbocycles. The molecule has 0 heterocycles. The average Bonchev–Trinajstić information content (AvgIpc) is 2.45. The molecule has 0 saturated heterocycles. The van der Waals surface area contributed by atoms with E-state index in [1.165, 1.54) is 22.0 Å². The van der Waals surface area contributed by atoms with Crippen molar-refractivity contribution in [3.05, 3.63) is 54.1 Å². The second kappa shape index (κ2) is 6.75. The fourth-order valence-electron chi connectivity index (χ4n) is 3.46. The summed E-state index contributed by atoms with van der Waals surface area (Å²) in [7, 11) is -0.318. The molecule has 0 saturated carbocycles. The molecule has 0 aromatic heterocycles. The highest BCUT2D eigenvalue weighted by atomic mass is 31.1. The molecule has 2 aromatic rings. The van der Waals surface area contributed by atoms with E-state index in [4.69, 9.17) is 5.73 Å². The molecule has 2 N–H and O–H groups in total. The molecule has 1 nitrogen and oxygen atoms in total. The van der Waals surface area contributed by atoms with Crippen LogP contribution < -0.4 is 11.0 Å². The summed E-state index contributed by atoms with van der Waals surface area (Å²) >= 11 is 0. The lowest BCUT2D eigenvalue weighted by Gasteiger charge is -2.42. The summed E-state index contributed by atoms with van der Waals surface area (Å²) in [6.45, 7) is 14.8. The molecule has 23 heavy (non-hydrogen) atoms. The molecule has 0 amide bonds. The van der Waals surface area contributed by atoms with Gasteiger partial charge in [0, 0.05) is 6.54 Å². The number of nitrogens with two attached hydrogens (primary N) is 1. The van der Waals surface area contributed by atoms with Crippen molar-refractivity contribution >= 4 is 13.2 Å². The molecule has 0 spiro atoms. The lowest BCUT2D eigenvalue weighted by molar-refractivity contribution is 0.715. The van der Waals surface area contributed by atoms with Crippen LogP contribution in [0.5, 0.6) is 0 Å². The fourth-order valence-corrected chi connectivity index (χ4v) is 7.60. The van der Waals surface area contributed by atoms with Crippen molar-refractivity contribution in [3.63, 3.8) is 0 Å². The Morgan fingerprint density at radius 1 is 0.783 bits per heavy atom. The number of benzene rings is 2. The lowest BCUT2D eigenvalue weighted by Crippen LogP contribution is -2.31. The molecule has 0 radical (unpaired) electrons. The van der Waals surface area contributed by atoms with E-state index < -0.39 is 0 Å². The van der Waals surface area contributed by atoms with Gasteiger partial charge in [0.25, 0.3) is 0 Å². The van der Waals surface area contributed by atoms with Gasteiger partial charge < -0.3 is 5.73 Å². The molecule has 2 heteroatoms. The Hall–Kier alpha value is -1.17. The van der Waals surface area contributed by atoms with Crippen LogP contribution in [0.2, 0.25) is 0 Å². The van der Waals surface area contributed by atoms with E-state index in [1.807, 2.05) is 0 Å². The van der Waals surface area contributed by atoms with Crippen LogP contribution in [0.1, 0.15) is 47.1 Å². The van der Waals surface area contributed by atoms with E-state index >= 15 is 0 Å². The smallest absolute Gasteiger partial charge is 0.0178 e. The summed E-state index contributed by atoms with van der Waals surface area (Å²) < 4.78 is 0. The van der Waals surface area contributed by atoms with Crippen molar-refractivity contribution in [2.75, 3.05) is 0 Å². The molecular formula is C21H30NP. The maximum absolute atomic E-state index is 5.73. The monoisotopic (exact) mass is 327 g/mol. The normalized spacial score (nSPS) is 12.7. The summed E-state index contributed by atoms with van der Waals surface area (Å²) in [5.41, 5.74) is 9.57. The van der Waals surface area contributed by atoms with Crippen LogP contribution in [-0.2, 0) is 6.54 Å². The zero-order valence-electron chi connectivity index (χ0n) is 15.4. The minimum Gasteiger partial charge on any atom is -0.326 e. The first-order valence-electron chi connectivity index (χ1n) is 8.33. The molecule has 0 unspecified atom stereocenters. The largest absolute Gasteiger partial charge is 0.326 e. The summed E-state index contributed by atoms with van der Waals surface area (Å²) in [4.78, 5) is 0. The quantitative estimate of drug-likeness (QED) is 0.738. The summed E-state index contributed by atoms with van der Waals surface area (Å²) in [6, 6.07) is 17.6. The van der Waals surface area contributed by atoms with Crippen molar-refractivity contribution in [2.24, 2.45) is 5.73 Å². The number of rotatable bonds is 3. The first-order valence-corrected chi connectivity index (χ1v) is 9.67. The Kier molecular flexibility index (Phi) is 5.33. The second-order valence-electron chi connectivity index (χ2n) is 8.10. The molecular weight excluding hydrogens is 297 g/mol. The van der Waals surface area contributed by atoms with Crippen LogP contribution in [0, 0.1) is 0 Å². The minimum absolute atomic E-state index is 0.265. The standard InChI is InChI=1S/C21H30NP/c1-20(2,3)23(21(4,5)6)19-10-8-7-9-18(19)17-13-11-16(15-22)12-14-17/h7-14H,15,22H2,1-6H3. The van der Waals surface area contributed by atoms with E-state index in [0.717, 1.165) is 0 Å². The molecule has 0 aliphatic heterocycles. The van der Waals surface area contributed by atoms with E-state index in [-0.39, 0.29) is 18.2 Å². The van der Waals surface area contributed by atoms with Crippen LogP contribution in [0.3, 0.4) is 0 Å². The zero-order valence-corrected chi connectivity index (χ0v) is 16.2. The maximum atomic E-state index is 5.73. The van der Waals surface area contributed by atoms with Gasteiger partial charge in [-0.2, -0.15) is 0 Å². The lowest BCUT2D eigenvalue weighted by atomic mass is 10.0. The van der Waals surface area contributed by atoms with Crippen molar-refractivity contribution < 1.29 is 0 Å². The third-order valence-corrected chi connectivity index (χ3v) is 7.54. The fraction of sp³-hybridized carbons (Fsp3) is 0.429. The van der Waals surface area contributed by atoms with E-state index in [2.05, 4.69) is 90.1 Å². The molecule has 0 aliphatic rings. The third-order valence-electron chi connectivity index (χ3n) is 3.99. The van der Waals surface area contributed by atoms with Gasteiger partial charge in [-0.15, -0.1) is 0 Å². The maximum Gasteiger partial charge on any atom is 0.0178 e. The predicted octanol–water partition coefficient (Wildman–Crippen LogP) is 5.52. The SMILES string of the molecule is CC(C)(C)P(c1ccccc1-c1ccc(CN)cc1)C(C)(C)C.